The quantitative estimate of drug-likeness (QED) is 0.682. The van der Waals surface area contributed by atoms with Crippen molar-refractivity contribution in [1.82, 2.24) is 14.9 Å². The Morgan fingerprint density at radius 2 is 2.33 bits per heavy atom. The molecule has 0 spiro atoms. The van der Waals surface area contributed by atoms with Gasteiger partial charge in [-0.1, -0.05) is 11.6 Å². The number of nitrogens with zero attached hydrogens (tertiary/aromatic N) is 3. The third kappa shape index (κ3) is 3.31. The van der Waals surface area contributed by atoms with E-state index < -0.39 is 5.97 Å². The Balaban J connectivity index is 2.02. The Labute approximate surface area is 115 Å². The van der Waals surface area contributed by atoms with Gasteiger partial charge in [-0.2, -0.15) is 0 Å². The molecular formula is C11H13Cl2N3O2. The van der Waals surface area contributed by atoms with Gasteiger partial charge in [0.2, 0.25) is 5.28 Å². The number of hydrogen-bond donors (Lipinski definition) is 1. The number of carboxylic acid groups (broad SMARTS) is 1. The van der Waals surface area contributed by atoms with Crippen LogP contribution in [0.5, 0.6) is 0 Å². The lowest BCUT2D eigenvalue weighted by molar-refractivity contribution is -0.143. The Hall–Kier alpha value is -0.910. The SMILES string of the molecule is O=C(O)C1CCCN(Cc2cnc(Cl)nc2Cl)C1. The fraction of sp³-hybridized carbons (Fsp3) is 0.545. The van der Waals surface area contributed by atoms with Crippen LogP contribution < -0.4 is 0 Å². The first kappa shape index (κ1) is 13.5. The first-order chi connectivity index (χ1) is 8.56. The van der Waals surface area contributed by atoms with Gasteiger partial charge in [0.05, 0.1) is 5.92 Å². The summed E-state index contributed by atoms with van der Waals surface area (Å²) in [5, 5.41) is 9.46. The zero-order chi connectivity index (χ0) is 13.1. The van der Waals surface area contributed by atoms with Gasteiger partial charge in [-0.3, -0.25) is 9.69 Å². The molecule has 1 saturated heterocycles. The second-order valence-electron chi connectivity index (χ2n) is 4.37. The second-order valence-corrected chi connectivity index (χ2v) is 5.06. The van der Waals surface area contributed by atoms with Crippen LogP contribution in [0.1, 0.15) is 18.4 Å². The fourth-order valence-corrected chi connectivity index (χ4v) is 2.48. The number of piperidine rings is 1. The van der Waals surface area contributed by atoms with Crippen LogP contribution in [-0.4, -0.2) is 39.0 Å². The molecule has 0 aliphatic carbocycles. The minimum atomic E-state index is -0.738. The maximum absolute atomic E-state index is 11.0. The van der Waals surface area contributed by atoms with Crippen molar-refractivity contribution < 1.29 is 9.90 Å². The molecule has 1 aromatic rings. The van der Waals surface area contributed by atoms with E-state index in [1.54, 1.807) is 6.20 Å². The molecule has 2 heterocycles. The standard InChI is InChI=1S/C11H13Cl2N3O2/c12-9-8(4-14-11(13)15-9)6-16-3-1-2-7(5-16)10(17)18/h4,7H,1-3,5-6H2,(H,17,18). The van der Waals surface area contributed by atoms with E-state index in [4.69, 9.17) is 28.3 Å². The Morgan fingerprint density at radius 1 is 1.56 bits per heavy atom. The van der Waals surface area contributed by atoms with Crippen LogP contribution >= 0.6 is 23.2 Å². The van der Waals surface area contributed by atoms with Crippen molar-refractivity contribution >= 4 is 29.2 Å². The first-order valence-electron chi connectivity index (χ1n) is 5.68. The van der Waals surface area contributed by atoms with E-state index in [9.17, 15) is 4.79 Å². The van der Waals surface area contributed by atoms with E-state index in [0.717, 1.165) is 24.9 Å². The van der Waals surface area contributed by atoms with Crippen molar-refractivity contribution in [2.45, 2.75) is 19.4 Å². The Kier molecular flexibility index (Phi) is 4.37. The van der Waals surface area contributed by atoms with E-state index >= 15 is 0 Å². The van der Waals surface area contributed by atoms with Crippen LogP contribution in [0.2, 0.25) is 10.4 Å². The number of hydrogen-bond acceptors (Lipinski definition) is 4. The van der Waals surface area contributed by atoms with Crippen LogP contribution in [0.15, 0.2) is 6.20 Å². The highest BCUT2D eigenvalue weighted by Gasteiger charge is 2.25. The summed E-state index contributed by atoms with van der Waals surface area (Å²) in [7, 11) is 0. The van der Waals surface area contributed by atoms with Gasteiger partial charge in [0.25, 0.3) is 0 Å². The van der Waals surface area contributed by atoms with Gasteiger partial charge in [0, 0.05) is 24.8 Å². The molecule has 0 amide bonds. The predicted octanol–water partition coefficient (Wildman–Crippen LogP) is 2.08. The van der Waals surface area contributed by atoms with Gasteiger partial charge in [-0.05, 0) is 31.0 Å². The third-order valence-corrected chi connectivity index (χ3v) is 3.54. The molecule has 1 aliphatic heterocycles. The Morgan fingerprint density at radius 3 is 3.00 bits per heavy atom. The molecule has 1 fully saturated rings. The molecule has 0 saturated carbocycles. The maximum Gasteiger partial charge on any atom is 0.307 e. The van der Waals surface area contributed by atoms with Gasteiger partial charge in [-0.25, -0.2) is 9.97 Å². The highest BCUT2D eigenvalue weighted by Crippen LogP contribution is 2.21. The van der Waals surface area contributed by atoms with Crippen molar-refractivity contribution in [2.24, 2.45) is 5.92 Å². The fourth-order valence-electron chi connectivity index (χ4n) is 2.11. The summed E-state index contributed by atoms with van der Waals surface area (Å²) in [6.07, 6.45) is 3.20. The van der Waals surface area contributed by atoms with Gasteiger partial charge >= 0.3 is 5.97 Å². The highest BCUT2D eigenvalue weighted by molar-refractivity contribution is 6.32. The Bertz CT molecular complexity index is 456. The molecule has 5 nitrogen and oxygen atoms in total. The van der Waals surface area contributed by atoms with E-state index in [1.807, 2.05) is 0 Å². The third-order valence-electron chi connectivity index (χ3n) is 3.03. The zero-order valence-electron chi connectivity index (χ0n) is 9.64. The summed E-state index contributed by atoms with van der Waals surface area (Å²) in [5.41, 5.74) is 0.770. The van der Waals surface area contributed by atoms with E-state index in [1.165, 1.54) is 0 Å². The van der Waals surface area contributed by atoms with Crippen LogP contribution in [0.4, 0.5) is 0 Å². The average Bonchev–Trinajstić information content (AvgIpc) is 2.33. The minimum absolute atomic E-state index is 0.116. The summed E-state index contributed by atoms with van der Waals surface area (Å²) >= 11 is 11.6. The summed E-state index contributed by atoms with van der Waals surface area (Å²) in [6, 6.07) is 0. The number of aliphatic carboxylic acids is 1. The normalized spacial score (nSPS) is 20.9. The molecule has 7 heteroatoms. The van der Waals surface area contributed by atoms with Crippen LogP contribution in [0.25, 0.3) is 0 Å². The van der Waals surface area contributed by atoms with Gasteiger partial charge in [0.1, 0.15) is 5.15 Å². The molecule has 2 rings (SSSR count). The topological polar surface area (TPSA) is 66.3 Å². The largest absolute Gasteiger partial charge is 0.481 e. The zero-order valence-corrected chi connectivity index (χ0v) is 11.2. The molecule has 1 N–H and O–H groups in total. The van der Waals surface area contributed by atoms with Crippen molar-refractivity contribution in [2.75, 3.05) is 13.1 Å². The molecule has 1 aromatic heterocycles. The van der Waals surface area contributed by atoms with E-state index in [0.29, 0.717) is 18.2 Å². The smallest absolute Gasteiger partial charge is 0.307 e. The van der Waals surface area contributed by atoms with Crippen molar-refractivity contribution in [1.29, 1.82) is 0 Å². The molecule has 1 aliphatic rings. The molecular weight excluding hydrogens is 277 g/mol. The number of aromatic nitrogens is 2. The van der Waals surface area contributed by atoms with Crippen molar-refractivity contribution in [3.05, 3.63) is 22.2 Å². The predicted molar refractivity (Wildman–Crippen MR) is 67.7 cm³/mol. The molecule has 0 radical (unpaired) electrons. The molecule has 1 atom stereocenters. The van der Waals surface area contributed by atoms with Crippen LogP contribution in [0.3, 0.4) is 0 Å². The number of likely N-dealkylation sites (tertiary alicyclic amines) is 1. The maximum atomic E-state index is 11.0. The summed E-state index contributed by atoms with van der Waals surface area (Å²) in [5.74, 6) is -1.04. The number of carboxylic acids is 1. The van der Waals surface area contributed by atoms with Crippen LogP contribution in [-0.2, 0) is 11.3 Å². The number of rotatable bonds is 3. The average molecular weight is 290 g/mol. The van der Waals surface area contributed by atoms with Gasteiger partial charge in [-0.15, -0.1) is 0 Å². The van der Waals surface area contributed by atoms with Crippen molar-refractivity contribution in [3.8, 4) is 0 Å². The second kappa shape index (κ2) is 5.82. The molecule has 98 valence electrons. The molecule has 18 heavy (non-hydrogen) atoms. The summed E-state index contributed by atoms with van der Waals surface area (Å²) < 4.78 is 0. The summed E-state index contributed by atoms with van der Waals surface area (Å²) in [4.78, 5) is 20.8. The van der Waals surface area contributed by atoms with Gasteiger partial charge < -0.3 is 5.11 Å². The molecule has 0 bridgehead atoms. The van der Waals surface area contributed by atoms with Gasteiger partial charge in [0.15, 0.2) is 0 Å². The van der Waals surface area contributed by atoms with Crippen LogP contribution in [0, 0.1) is 5.92 Å². The highest BCUT2D eigenvalue weighted by atomic mass is 35.5. The van der Waals surface area contributed by atoms with E-state index in [2.05, 4.69) is 14.9 Å². The summed E-state index contributed by atoms with van der Waals surface area (Å²) in [6.45, 7) is 1.96. The molecule has 0 aromatic carbocycles. The lowest BCUT2D eigenvalue weighted by atomic mass is 9.98. The monoisotopic (exact) mass is 289 g/mol. The number of halogens is 2. The van der Waals surface area contributed by atoms with E-state index in [-0.39, 0.29) is 11.2 Å². The molecule has 1 unspecified atom stereocenters. The van der Waals surface area contributed by atoms with Crippen molar-refractivity contribution in [3.63, 3.8) is 0 Å². The first-order valence-corrected chi connectivity index (χ1v) is 6.44. The lowest BCUT2D eigenvalue weighted by Crippen LogP contribution is -2.38. The minimum Gasteiger partial charge on any atom is -0.481 e. The number of carbonyl (C=O) groups is 1. The lowest BCUT2D eigenvalue weighted by Gasteiger charge is -2.30.